The van der Waals surface area contributed by atoms with Crippen molar-refractivity contribution in [3.63, 3.8) is 0 Å². The van der Waals surface area contributed by atoms with Gasteiger partial charge in [0.25, 0.3) is 0 Å². The van der Waals surface area contributed by atoms with Crippen LogP contribution in [0.1, 0.15) is 0 Å². The molecular formula is C12H6Br4O4S. The van der Waals surface area contributed by atoms with Crippen LogP contribution in [0.15, 0.2) is 51.9 Å². The lowest BCUT2D eigenvalue weighted by Crippen LogP contribution is -2.04. The van der Waals surface area contributed by atoms with Gasteiger partial charge in [0.2, 0.25) is 9.84 Å². The summed E-state index contributed by atoms with van der Waals surface area (Å²) in [4.78, 5) is -0.0177. The van der Waals surface area contributed by atoms with Gasteiger partial charge in [-0.05, 0) is 88.0 Å². The number of rotatable bonds is 2. The van der Waals surface area contributed by atoms with Crippen LogP contribution in [0.3, 0.4) is 0 Å². The molecule has 0 heterocycles. The Morgan fingerprint density at radius 1 is 0.667 bits per heavy atom. The van der Waals surface area contributed by atoms with Crippen LogP contribution in [0.25, 0.3) is 0 Å². The molecule has 0 saturated heterocycles. The van der Waals surface area contributed by atoms with Gasteiger partial charge in [-0.2, -0.15) is 0 Å². The maximum atomic E-state index is 12.7. The van der Waals surface area contributed by atoms with E-state index >= 15 is 0 Å². The number of benzene rings is 2. The second kappa shape index (κ2) is 6.19. The summed E-state index contributed by atoms with van der Waals surface area (Å²) in [7, 11) is -3.85. The SMILES string of the molecule is O=S(=O)(c1ccc(O)c(Br)c1Br)c1ccc(O)c(Br)c1Br. The number of hydrogen-bond donors (Lipinski definition) is 2. The number of halogens is 4. The van der Waals surface area contributed by atoms with Crippen molar-refractivity contribution in [3.05, 3.63) is 42.2 Å². The summed E-state index contributed by atoms with van der Waals surface area (Å²) in [6.07, 6.45) is 0. The molecule has 2 aromatic carbocycles. The van der Waals surface area contributed by atoms with Crippen LogP contribution in [0, 0.1) is 0 Å². The summed E-state index contributed by atoms with van der Waals surface area (Å²) in [5.41, 5.74) is 0. The van der Waals surface area contributed by atoms with E-state index in [1.54, 1.807) is 0 Å². The molecule has 0 aromatic heterocycles. The van der Waals surface area contributed by atoms with Crippen molar-refractivity contribution < 1.29 is 18.6 Å². The highest BCUT2D eigenvalue weighted by Crippen LogP contribution is 2.42. The van der Waals surface area contributed by atoms with E-state index in [-0.39, 0.29) is 39.2 Å². The van der Waals surface area contributed by atoms with Gasteiger partial charge in [0, 0.05) is 0 Å². The third-order valence-corrected chi connectivity index (χ3v) is 9.31. The Labute approximate surface area is 154 Å². The monoisotopic (exact) mass is 562 g/mol. The molecule has 112 valence electrons. The maximum Gasteiger partial charge on any atom is 0.208 e. The van der Waals surface area contributed by atoms with Crippen LogP contribution < -0.4 is 0 Å². The van der Waals surface area contributed by atoms with E-state index in [1.807, 2.05) is 0 Å². The lowest BCUT2D eigenvalue weighted by molar-refractivity contribution is 0.470. The maximum absolute atomic E-state index is 12.7. The molecule has 0 spiro atoms. The Bertz CT molecular complexity index is 770. The molecule has 0 bridgehead atoms. The van der Waals surface area contributed by atoms with Gasteiger partial charge in [-0.1, -0.05) is 0 Å². The summed E-state index contributed by atoms with van der Waals surface area (Å²) >= 11 is 12.6. The molecule has 2 aromatic rings. The zero-order chi connectivity index (χ0) is 15.9. The van der Waals surface area contributed by atoms with Crippen molar-refractivity contribution >= 4 is 73.6 Å². The van der Waals surface area contributed by atoms with E-state index < -0.39 is 9.84 Å². The molecule has 4 nitrogen and oxygen atoms in total. The number of sulfone groups is 1. The largest absolute Gasteiger partial charge is 0.507 e. The summed E-state index contributed by atoms with van der Waals surface area (Å²) in [6, 6.07) is 5.16. The van der Waals surface area contributed by atoms with Gasteiger partial charge >= 0.3 is 0 Å². The smallest absolute Gasteiger partial charge is 0.208 e. The first-order chi connectivity index (χ1) is 9.67. The fraction of sp³-hybridized carbons (Fsp3) is 0. The van der Waals surface area contributed by atoms with Crippen LogP contribution in [-0.4, -0.2) is 18.6 Å². The van der Waals surface area contributed by atoms with Crippen molar-refractivity contribution in [1.82, 2.24) is 0 Å². The number of aromatic hydroxyl groups is 2. The predicted octanol–water partition coefficient (Wildman–Crippen LogP) is 4.98. The number of hydrogen-bond acceptors (Lipinski definition) is 4. The molecule has 0 saturated carbocycles. The standard InChI is InChI=1S/C12H6Br4O4S/c13-9-5(17)1-3-7(11(9)15)21(19,20)8-4-2-6(18)10(14)12(8)16/h1-4,17-18H. The molecule has 0 radical (unpaired) electrons. The average Bonchev–Trinajstić information content (AvgIpc) is 2.41. The first kappa shape index (κ1) is 17.3. The zero-order valence-electron chi connectivity index (χ0n) is 9.94. The highest BCUT2D eigenvalue weighted by Gasteiger charge is 2.26. The Balaban J connectivity index is 2.75. The minimum absolute atomic E-state index is 0.00883. The van der Waals surface area contributed by atoms with Crippen molar-refractivity contribution in [3.8, 4) is 11.5 Å². The minimum Gasteiger partial charge on any atom is -0.507 e. The molecule has 9 heteroatoms. The van der Waals surface area contributed by atoms with Crippen LogP contribution in [0.2, 0.25) is 0 Å². The van der Waals surface area contributed by atoms with Crippen LogP contribution >= 0.6 is 63.7 Å². The molecule has 0 fully saturated rings. The van der Waals surface area contributed by atoms with E-state index in [4.69, 9.17) is 0 Å². The summed E-state index contributed by atoms with van der Waals surface area (Å²) in [5, 5.41) is 19.1. The molecule has 0 amide bonds. The topological polar surface area (TPSA) is 74.6 Å². The Hall–Kier alpha value is -0.0900. The number of phenolic OH excluding ortho intramolecular Hbond substituents is 2. The van der Waals surface area contributed by atoms with Crippen LogP contribution in [0.5, 0.6) is 11.5 Å². The molecule has 2 N–H and O–H groups in total. The fourth-order valence-electron chi connectivity index (χ4n) is 1.58. The molecular weight excluding hydrogens is 560 g/mol. The van der Waals surface area contributed by atoms with Crippen LogP contribution in [0.4, 0.5) is 0 Å². The average molecular weight is 566 g/mol. The summed E-state index contributed by atoms with van der Waals surface area (Å²) < 4.78 is 26.4. The predicted molar refractivity (Wildman–Crippen MR) is 92.5 cm³/mol. The van der Waals surface area contributed by atoms with Gasteiger partial charge in [0.1, 0.15) is 11.5 Å². The molecule has 0 unspecified atom stereocenters. The summed E-state index contributed by atoms with van der Waals surface area (Å²) in [6.45, 7) is 0. The van der Waals surface area contributed by atoms with E-state index in [9.17, 15) is 18.6 Å². The van der Waals surface area contributed by atoms with Gasteiger partial charge in [-0.3, -0.25) is 0 Å². The van der Waals surface area contributed by atoms with E-state index in [2.05, 4.69) is 63.7 Å². The highest BCUT2D eigenvalue weighted by atomic mass is 79.9. The molecule has 0 aliphatic carbocycles. The lowest BCUT2D eigenvalue weighted by atomic mass is 10.3. The highest BCUT2D eigenvalue weighted by molar-refractivity contribution is 9.13. The van der Waals surface area contributed by atoms with Crippen molar-refractivity contribution in [2.45, 2.75) is 9.79 Å². The Morgan fingerprint density at radius 2 is 1.00 bits per heavy atom. The first-order valence-electron chi connectivity index (χ1n) is 5.27. The third-order valence-electron chi connectivity index (χ3n) is 2.63. The quantitative estimate of drug-likeness (QED) is 0.539. The van der Waals surface area contributed by atoms with Crippen LogP contribution in [-0.2, 0) is 9.84 Å². The Kier molecular flexibility index (Phi) is 5.09. The van der Waals surface area contributed by atoms with Crippen molar-refractivity contribution in [2.24, 2.45) is 0 Å². The molecule has 0 aliphatic rings. The molecule has 0 aliphatic heterocycles. The van der Waals surface area contributed by atoms with Crippen molar-refractivity contribution in [2.75, 3.05) is 0 Å². The van der Waals surface area contributed by atoms with E-state index in [0.29, 0.717) is 0 Å². The van der Waals surface area contributed by atoms with E-state index in [1.165, 1.54) is 24.3 Å². The second-order valence-corrected chi connectivity index (χ2v) is 8.98. The normalized spacial score (nSPS) is 11.6. The number of phenols is 2. The molecule has 0 atom stereocenters. The van der Waals surface area contributed by atoms with Gasteiger partial charge in [0.05, 0.1) is 27.7 Å². The Morgan fingerprint density at radius 3 is 1.33 bits per heavy atom. The first-order valence-corrected chi connectivity index (χ1v) is 9.92. The lowest BCUT2D eigenvalue weighted by Gasteiger charge is -2.12. The van der Waals surface area contributed by atoms with Gasteiger partial charge in [0.15, 0.2) is 0 Å². The zero-order valence-corrected chi connectivity index (χ0v) is 17.1. The molecule has 21 heavy (non-hydrogen) atoms. The van der Waals surface area contributed by atoms with Gasteiger partial charge in [-0.25, -0.2) is 8.42 Å². The third kappa shape index (κ3) is 3.03. The summed E-state index contributed by atoms with van der Waals surface area (Å²) in [5.74, 6) is -0.154. The molecule has 2 rings (SSSR count). The fourth-order valence-corrected chi connectivity index (χ4v) is 5.89. The van der Waals surface area contributed by atoms with Crippen molar-refractivity contribution in [1.29, 1.82) is 0 Å². The van der Waals surface area contributed by atoms with Gasteiger partial charge in [-0.15, -0.1) is 0 Å². The van der Waals surface area contributed by atoms with E-state index in [0.717, 1.165) is 0 Å². The second-order valence-electron chi connectivity index (χ2n) is 3.93. The van der Waals surface area contributed by atoms with Gasteiger partial charge < -0.3 is 10.2 Å². The minimum atomic E-state index is -3.85.